The van der Waals surface area contributed by atoms with E-state index >= 15 is 0 Å². The van der Waals surface area contributed by atoms with Gasteiger partial charge in [-0.1, -0.05) is 50.3 Å². The van der Waals surface area contributed by atoms with Crippen LogP contribution in [0.2, 0.25) is 0 Å². The van der Waals surface area contributed by atoms with Crippen LogP contribution in [-0.2, 0) is 9.53 Å². The van der Waals surface area contributed by atoms with Crippen LogP contribution in [0.4, 0.5) is 8.78 Å². The summed E-state index contributed by atoms with van der Waals surface area (Å²) in [6.45, 7) is 3.31. The maximum Gasteiger partial charge on any atom is 0.389 e. The minimum absolute atomic E-state index is 0.432. The van der Waals surface area contributed by atoms with Gasteiger partial charge >= 0.3 is 12.1 Å². The van der Waals surface area contributed by atoms with E-state index in [0.29, 0.717) is 17.1 Å². The molecule has 2 aromatic rings. The van der Waals surface area contributed by atoms with Gasteiger partial charge in [0.1, 0.15) is 16.9 Å². The molecular formula is C24H22BrF2NO4. The summed E-state index contributed by atoms with van der Waals surface area (Å²) < 4.78 is 37.3. The molecule has 0 aromatic heterocycles. The molecule has 1 saturated carbocycles. The van der Waals surface area contributed by atoms with Gasteiger partial charge in [-0.3, -0.25) is 4.79 Å². The Labute approximate surface area is 193 Å². The minimum atomic E-state index is -3.60. The van der Waals surface area contributed by atoms with Crippen molar-refractivity contribution in [3.8, 4) is 17.6 Å². The third-order valence-corrected chi connectivity index (χ3v) is 6.93. The summed E-state index contributed by atoms with van der Waals surface area (Å²) in [7, 11) is 0.855. The zero-order valence-corrected chi connectivity index (χ0v) is 19.3. The van der Waals surface area contributed by atoms with E-state index in [-0.39, 0.29) is 0 Å². The number of carboxylic acids is 1. The fourth-order valence-electron chi connectivity index (χ4n) is 4.42. The van der Waals surface area contributed by atoms with Crippen LogP contribution in [0, 0.1) is 28.1 Å². The predicted octanol–water partition coefficient (Wildman–Crippen LogP) is 6.33. The topological polar surface area (TPSA) is 79.5 Å². The second kappa shape index (κ2) is 8.64. The zero-order valence-electron chi connectivity index (χ0n) is 17.7. The molecule has 0 bridgehead atoms. The molecule has 5 nitrogen and oxygen atoms in total. The SMILES string of the molecule is COC(F)(F)C(Br)=CC1C(C)(C)C1(C(=O)O)C(C#N)c1cccc(Oc2ccccc2)c1. The smallest absolute Gasteiger partial charge is 0.389 e. The number of carbonyl (C=O) groups is 1. The molecule has 0 heterocycles. The van der Waals surface area contributed by atoms with Gasteiger partial charge in [0.2, 0.25) is 0 Å². The van der Waals surface area contributed by atoms with Crippen molar-refractivity contribution in [1.82, 2.24) is 0 Å². The highest BCUT2D eigenvalue weighted by Gasteiger charge is 2.78. The predicted molar refractivity (Wildman–Crippen MR) is 118 cm³/mol. The van der Waals surface area contributed by atoms with Gasteiger partial charge in [-0.25, -0.2) is 0 Å². The Kier molecular flexibility index (Phi) is 6.45. The van der Waals surface area contributed by atoms with E-state index in [1.165, 1.54) is 0 Å². The lowest BCUT2D eigenvalue weighted by Crippen LogP contribution is -2.29. The Morgan fingerprint density at radius 2 is 1.84 bits per heavy atom. The van der Waals surface area contributed by atoms with Crippen LogP contribution >= 0.6 is 15.9 Å². The van der Waals surface area contributed by atoms with Crippen molar-refractivity contribution >= 4 is 21.9 Å². The van der Waals surface area contributed by atoms with Crippen molar-refractivity contribution in [3.63, 3.8) is 0 Å². The number of alkyl halides is 2. The third-order valence-electron chi connectivity index (χ3n) is 6.21. The van der Waals surface area contributed by atoms with Gasteiger partial charge in [-0.15, -0.1) is 0 Å². The Morgan fingerprint density at radius 3 is 2.41 bits per heavy atom. The first-order chi connectivity index (χ1) is 15.0. The lowest BCUT2D eigenvalue weighted by atomic mass is 9.78. The van der Waals surface area contributed by atoms with E-state index in [9.17, 15) is 23.9 Å². The molecule has 1 N–H and O–H groups in total. The van der Waals surface area contributed by atoms with E-state index in [1.807, 2.05) is 18.2 Å². The molecule has 1 fully saturated rings. The van der Waals surface area contributed by atoms with Gasteiger partial charge in [-0.05, 0) is 51.2 Å². The number of rotatable bonds is 8. The van der Waals surface area contributed by atoms with Gasteiger partial charge in [0.05, 0.1) is 16.5 Å². The molecule has 0 spiro atoms. The lowest BCUT2D eigenvalue weighted by Gasteiger charge is -2.22. The van der Waals surface area contributed by atoms with Gasteiger partial charge in [-0.2, -0.15) is 14.0 Å². The van der Waals surface area contributed by atoms with Crippen molar-refractivity contribution in [2.24, 2.45) is 16.7 Å². The first-order valence-corrected chi connectivity index (χ1v) is 10.6. The summed E-state index contributed by atoms with van der Waals surface area (Å²) in [5.74, 6) is -2.15. The van der Waals surface area contributed by atoms with E-state index in [4.69, 9.17) is 4.74 Å². The number of allylic oxidation sites excluding steroid dienone is 1. The number of ether oxygens (including phenoxy) is 2. The highest BCUT2D eigenvalue weighted by atomic mass is 79.9. The molecule has 3 unspecified atom stereocenters. The molecular weight excluding hydrogens is 484 g/mol. The number of aliphatic carboxylic acids is 1. The molecule has 0 aliphatic heterocycles. The van der Waals surface area contributed by atoms with Crippen molar-refractivity contribution in [3.05, 3.63) is 70.7 Å². The maximum atomic E-state index is 13.9. The van der Waals surface area contributed by atoms with Gasteiger partial charge in [0.25, 0.3) is 0 Å². The summed E-state index contributed by atoms with van der Waals surface area (Å²) >= 11 is 2.82. The molecule has 1 aliphatic carbocycles. The molecule has 3 atom stereocenters. The van der Waals surface area contributed by atoms with Crippen LogP contribution in [0.25, 0.3) is 0 Å². The Balaban J connectivity index is 2.02. The minimum Gasteiger partial charge on any atom is -0.481 e. The van der Waals surface area contributed by atoms with Crippen molar-refractivity contribution in [1.29, 1.82) is 5.26 Å². The van der Waals surface area contributed by atoms with Crippen molar-refractivity contribution < 1.29 is 28.2 Å². The van der Waals surface area contributed by atoms with Crippen molar-refractivity contribution in [2.45, 2.75) is 25.9 Å². The molecule has 0 radical (unpaired) electrons. The molecule has 3 rings (SSSR count). The van der Waals surface area contributed by atoms with E-state index in [2.05, 4.69) is 26.7 Å². The molecule has 168 valence electrons. The molecule has 32 heavy (non-hydrogen) atoms. The van der Waals surface area contributed by atoms with Crippen LogP contribution in [-0.4, -0.2) is 24.3 Å². The number of carboxylic acid groups (broad SMARTS) is 1. The molecule has 2 aromatic carbocycles. The van der Waals surface area contributed by atoms with Gasteiger partial charge < -0.3 is 14.6 Å². The number of hydrogen-bond acceptors (Lipinski definition) is 4. The molecule has 1 aliphatic rings. The lowest BCUT2D eigenvalue weighted by molar-refractivity contribution is -0.183. The second-order valence-corrected chi connectivity index (χ2v) is 9.01. The molecule has 0 amide bonds. The average molecular weight is 506 g/mol. The van der Waals surface area contributed by atoms with Gasteiger partial charge in [0, 0.05) is 13.0 Å². The first kappa shape index (κ1) is 23.9. The monoisotopic (exact) mass is 505 g/mol. The summed E-state index contributed by atoms with van der Waals surface area (Å²) in [5, 5.41) is 20.2. The average Bonchev–Trinajstić information content (AvgIpc) is 3.24. The number of nitriles is 1. The van der Waals surface area contributed by atoms with Gasteiger partial charge in [0.15, 0.2) is 0 Å². The van der Waals surface area contributed by atoms with E-state index < -0.39 is 39.2 Å². The molecule has 8 heteroatoms. The van der Waals surface area contributed by atoms with E-state index in [0.717, 1.165) is 13.2 Å². The first-order valence-electron chi connectivity index (χ1n) is 9.79. The van der Waals surface area contributed by atoms with Crippen LogP contribution in [0.3, 0.4) is 0 Å². The second-order valence-electron chi connectivity index (χ2n) is 8.16. The summed E-state index contributed by atoms with van der Waals surface area (Å²) in [6, 6.07) is 17.7. The largest absolute Gasteiger partial charge is 0.481 e. The number of halogens is 3. The number of nitrogens with zero attached hydrogens (tertiary/aromatic N) is 1. The van der Waals surface area contributed by atoms with Crippen molar-refractivity contribution in [2.75, 3.05) is 7.11 Å². The fraction of sp³-hybridized carbons (Fsp3) is 0.333. The Morgan fingerprint density at radius 1 is 1.22 bits per heavy atom. The van der Waals surface area contributed by atoms with Crippen LogP contribution in [0.5, 0.6) is 11.5 Å². The van der Waals surface area contributed by atoms with Crippen LogP contribution in [0.15, 0.2) is 65.2 Å². The van der Waals surface area contributed by atoms with Crippen LogP contribution in [0.1, 0.15) is 25.3 Å². The Hall–Kier alpha value is -2.76. The normalized spacial score (nSPS) is 23.2. The highest BCUT2D eigenvalue weighted by molar-refractivity contribution is 9.11. The fourth-order valence-corrected chi connectivity index (χ4v) is 4.85. The number of hydrogen-bond donors (Lipinski definition) is 1. The standard InChI is InChI=1S/C24H22BrF2NO4/c1-22(2)19(13-20(25)24(26,27)31-3)23(22,21(29)30)18(14-28)15-8-7-11-17(12-15)32-16-9-5-4-6-10-16/h4-13,18-19H,1-3H3,(H,29,30). The summed E-state index contributed by atoms with van der Waals surface area (Å²) in [6.07, 6.45) is -2.46. The highest BCUT2D eigenvalue weighted by Crippen LogP contribution is 2.75. The van der Waals surface area contributed by atoms with Crippen LogP contribution < -0.4 is 4.74 Å². The quantitative estimate of drug-likeness (QED) is 0.453. The molecule has 0 saturated heterocycles. The third kappa shape index (κ3) is 3.91. The number of benzene rings is 2. The zero-order chi connectivity index (χ0) is 23.7. The summed E-state index contributed by atoms with van der Waals surface area (Å²) in [4.78, 5) is 12.5. The summed E-state index contributed by atoms with van der Waals surface area (Å²) in [5.41, 5.74) is -2.16. The Bertz CT molecular complexity index is 1080. The van der Waals surface area contributed by atoms with E-state index in [1.54, 1.807) is 50.2 Å². The maximum absolute atomic E-state index is 13.9. The number of methoxy groups -OCH3 is 1. The number of para-hydroxylation sites is 1.